The molecule has 0 aromatic heterocycles. The van der Waals surface area contributed by atoms with Crippen LogP contribution in [0.15, 0.2) is 35.3 Å². The molecule has 0 saturated heterocycles. The van der Waals surface area contributed by atoms with Crippen LogP contribution in [-0.4, -0.2) is 11.9 Å². The molecule has 16 heavy (non-hydrogen) atoms. The maximum absolute atomic E-state index is 11.8. The van der Waals surface area contributed by atoms with E-state index in [0.717, 1.165) is 6.42 Å². The number of nitrogens with one attached hydrogen (secondary N) is 1. The zero-order valence-corrected chi connectivity index (χ0v) is 11.3. The molecule has 0 bridgehead atoms. The van der Waals surface area contributed by atoms with E-state index in [2.05, 4.69) is 27.8 Å². The fraction of sp³-hybridized carbons (Fsp3) is 0.250. The van der Waals surface area contributed by atoms with E-state index in [9.17, 15) is 4.79 Å². The van der Waals surface area contributed by atoms with Crippen LogP contribution in [-0.2, 0) is 0 Å². The summed E-state index contributed by atoms with van der Waals surface area (Å²) < 4.78 is 0.698. The van der Waals surface area contributed by atoms with Crippen molar-refractivity contribution in [3.05, 3.63) is 45.9 Å². The molecule has 4 heteroatoms. The molecular formula is C12H13BrClNO. The lowest BCUT2D eigenvalue weighted by atomic mass is 10.2. The Balaban J connectivity index is 2.76. The molecule has 0 radical (unpaired) electrons. The van der Waals surface area contributed by atoms with Crippen molar-refractivity contribution in [1.29, 1.82) is 0 Å². The smallest absolute Gasteiger partial charge is 0.252 e. The third kappa shape index (κ3) is 3.65. The molecule has 0 aliphatic rings. The number of hydrogen-bond acceptors (Lipinski definition) is 1. The first-order chi connectivity index (χ1) is 7.54. The molecule has 0 fully saturated rings. The van der Waals surface area contributed by atoms with Gasteiger partial charge in [0.1, 0.15) is 0 Å². The Morgan fingerprint density at radius 1 is 1.69 bits per heavy atom. The minimum Gasteiger partial charge on any atom is -0.349 e. The summed E-state index contributed by atoms with van der Waals surface area (Å²) in [5.41, 5.74) is 0.584. The quantitative estimate of drug-likeness (QED) is 0.842. The Morgan fingerprint density at radius 3 is 2.94 bits per heavy atom. The molecule has 0 saturated carbocycles. The van der Waals surface area contributed by atoms with Crippen molar-refractivity contribution in [2.75, 3.05) is 0 Å². The summed E-state index contributed by atoms with van der Waals surface area (Å²) in [5.74, 6) is -0.113. The summed E-state index contributed by atoms with van der Waals surface area (Å²) in [4.78, 5) is 11.8. The number of hydrogen-bond donors (Lipinski definition) is 1. The van der Waals surface area contributed by atoms with Crippen molar-refractivity contribution < 1.29 is 4.79 Å². The van der Waals surface area contributed by atoms with Crippen LogP contribution in [0.1, 0.15) is 23.7 Å². The number of carbonyl (C=O) groups excluding carboxylic acids is 1. The average molecular weight is 303 g/mol. The Morgan fingerprint density at radius 2 is 2.38 bits per heavy atom. The van der Waals surface area contributed by atoms with Crippen molar-refractivity contribution >= 4 is 33.4 Å². The van der Waals surface area contributed by atoms with E-state index in [1.807, 2.05) is 6.92 Å². The van der Waals surface area contributed by atoms with Gasteiger partial charge in [-0.25, -0.2) is 0 Å². The maximum Gasteiger partial charge on any atom is 0.252 e. The van der Waals surface area contributed by atoms with Gasteiger partial charge in [0.15, 0.2) is 0 Å². The fourth-order valence-electron chi connectivity index (χ4n) is 1.28. The van der Waals surface area contributed by atoms with Crippen LogP contribution < -0.4 is 5.32 Å². The first-order valence-corrected chi connectivity index (χ1v) is 6.08. The van der Waals surface area contributed by atoms with Crippen LogP contribution in [0.25, 0.3) is 0 Å². The Labute approximate surface area is 109 Å². The molecule has 1 N–H and O–H groups in total. The van der Waals surface area contributed by atoms with E-state index in [0.29, 0.717) is 15.1 Å². The predicted molar refractivity (Wildman–Crippen MR) is 70.9 cm³/mol. The zero-order valence-electron chi connectivity index (χ0n) is 8.97. The number of amides is 1. The van der Waals surface area contributed by atoms with Gasteiger partial charge in [-0.15, -0.1) is 6.58 Å². The number of halogens is 2. The van der Waals surface area contributed by atoms with Crippen molar-refractivity contribution in [2.24, 2.45) is 0 Å². The molecule has 1 atom stereocenters. The van der Waals surface area contributed by atoms with E-state index < -0.39 is 0 Å². The Bertz CT molecular complexity index is 406. The lowest BCUT2D eigenvalue weighted by Crippen LogP contribution is -2.32. The number of carbonyl (C=O) groups is 1. The summed E-state index contributed by atoms with van der Waals surface area (Å²) in [5, 5.41) is 3.47. The molecule has 0 aliphatic heterocycles. The zero-order chi connectivity index (χ0) is 12.1. The van der Waals surface area contributed by atoms with E-state index in [4.69, 9.17) is 11.6 Å². The second-order valence-electron chi connectivity index (χ2n) is 3.52. The summed E-state index contributed by atoms with van der Waals surface area (Å²) in [7, 11) is 0. The molecule has 1 amide bonds. The van der Waals surface area contributed by atoms with Gasteiger partial charge in [-0.3, -0.25) is 4.79 Å². The maximum atomic E-state index is 11.8. The molecule has 2 nitrogen and oxygen atoms in total. The number of benzene rings is 1. The highest BCUT2D eigenvalue weighted by atomic mass is 79.9. The van der Waals surface area contributed by atoms with Crippen LogP contribution in [0.4, 0.5) is 0 Å². The number of rotatable bonds is 4. The molecule has 0 spiro atoms. The standard InChI is InChI=1S/C12H13BrClNO/c1-3-4-8(2)15-12(16)10-6-5-9(14)7-11(10)13/h3,5-8H,1,4H2,2H3,(H,15,16). The predicted octanol–water partition coefficient (Wildman–Crippen LogP) is 3.80. The van der Waals surface area contributed by atoms with Gasteiger partial charge >= 0.3 is 0 Å². The summed E-state index contributed by atoms with van der Waals surface area (Å²) in [6, 6.07) is 5.17. The average Bonchev–Trinajstić information content (AvgIpc) is 2.17. The van der Waals surface area contributed by atoms with E-state index in [1.165, 1.54) is 0 Å². The normalized spacial score (nSPS) is 11.9. The van der Waals surface area contributed by atoms with Gasteiger partial charge in [0, 0.05) is 15.5 Å². The van der Waals surface area contributed by atoms with Gasteiger partial charge < -0.3 is 5.32 Å². The van der Waals surface area contributed by atoms with Gasteiger partial charge in [-0.2, -0.15) is 0 Å². The van der Waals surface area contributed by atoms with E-state index in [1.54, 1.807) is 24.3 Å². The van der Waals surface area contributed by atoms with Crippen molar-refractivity contribution in [2.45, 2.75) is 19.4 Å². The lowest BCUT2D eigenvalue weighted by molar-refractivity contribution is 0.0940. The third-order valence-electron chi connectivity index (χ3n) is 2.07. The topological polar surface area (TPSA) is 29.1 Å². The van der Waals surface area contributed by atoms with Gasteiger partial charge in [0.25, 0.3) is 5.91 Å². The van der Waals surface area contributed by atoms with Gasteiger partial charge in [-0.05, 0) is 47.5 Å². The highest BCUT2D eigenvalue weighted by Gasteiger charge is 2.12. The SMILES string of the molecule is C=CCC(C)NC(=O)c1ccc(Cl)cc1Br. The molecular weight excluding hydrogens is 289 g/mol. The monoisotopic (exact) mass is 301 g/mol. The van der Waals surface area contributed by atoms with Crippen LogP contribution in [0, 0.1) is 0 Å². The highest BCUT2D eigenvalue weighted by Crippen LogP contribution is 2.21. The molecule has 0 heterocycles. The van der Waals surface area contributed by atoms with Crippen LogP contribution >= 0.6 is 27.5 Å². The van der Waals surface area contributed by atoms with Crippen LogP contribution in [0.3, 0.4) is 0 Å². The van der Waals surface area contributed by atoms with Crippen molar-refractivity contribution in [3.63, 3.8) is 0 Å². The lowest BCUT2D eigenvalue weighted by Gasteiger charge is -2.12. The summed E-state index contributed by atoms with van der Waals surface area (Å²) >= 11 is 9.11. The first kappa shape index (κ1) is 13.3. The first-order valence-electron chi connectivity index (χ1n) is 4.91. The minimum atomic E-state index is -0.113. The van der Waals surface area contributed by atoms with Crippen molar-refractivity contribution in [1.82, 2.24) is 5.32 Å². The van der Waals surface area contributed by atoms with Crippen LogP contribution in [0.2, 0.25) is 5.02 Å². The summed E-state index contributed by atoms with van der Waals surface area (Å²) in [6.07, 6.45) is 2.53. The Hall–Kier alpha value is -0.800. The second kappa shape index (κ2) is 6.06. The van der Waals surface area contributed by atoms with Crippen molar-refractivity contribution in [3.8, 4) is 0 Å². The molecule has 1 aromatic rings. The molecule has 0 aliphatic carbocycles. The summed E-state index contributed by atoms with van der Waals surface area (Å²) in [6.45, 7) is 5.57. The van der Waals surface area contributed by atoms with Gasteiger partial charge in [-0.1, -0.05) is 17.7 Å². The second-order valence-corrected chi connectivity index (χ2v) is 4.81. The molecule has 86 valence electrons. The largest absolute Gasteiger partial charge is 0.349 e. The van der Waals surface area contributed by atoms with Crippen LogP contribution in [0.5, 0.6) is 0 Å². The van der Waals surface area contributed by atoms with Gasteiger partial charge in [0.2, 0.25) is 0 Å². The Kier molecular flexibility index (Phi) is 5.03. The minimum absolute atomic E-state index is 0.0765. The highest BCUT2D eigenvalue weighted by molar-refractivity contribution is 9.10. The van der Waals surface area contributed by atoms with E-state index in [-0.39, 0.29) is 11.9 Å². The molecule has 1 rings (SSSR count). The molecule has 1 unspecified atom stereocenters. The van der Waals surface area contributed by atoms with Gasteiger partial charge in [0.05, 0.1) is 5.56 Å². The fourth-order valence-corrected chi connectivity index (χ4v) is 2.15. The third-order valence-corrected chi connectivity index (χ3v) is 2.96. The molecule has 1 aromatic carbocycles. The van der Waals surface area contributed by atoms with E-state index >= 15 is 0 Å².